The number of rotatable bonds is 10. The number of ketones is 1. The summed E-state index contributed by atoms with van der Waals surface area (Å²) in [5.41, 5.74) is 0.780. The van der Waals surface area contributed by atoms with E-state index in [1.165, 1.54) is 11.0 Å². The number of hydrogen-bond acceptors (Lipinski definition) is 8. The highest BCUT2D eigenvalue weighted by Crippen LogP contribution is 2.36. The van der Waals surface area contributed by atoms with Crippen molar-refractivity contribution < 1.29 is 38.3 Å². The van der Waals surface area contributed by atoms with Gasteiger partial charge in [-0.25, -0.2) is 4.79 Å². The summed E-state index contributed by atoms with van der Waals surface area (Å²) >= 11 is 0. The maximum absolute atomic E-state index is 12.4. The number of hydrogen-bond donors (Lipinski definition) is 1. The van der Waals surface area contributed by atoms with Gasteiger partial charge in [0.1, 0.15) is 17.1 Å². The van der Waals surface area contributed by atoms with Crippen molar-refractivity contribution in [2.75, 3.05) is 20.9 Å². The van der Waals surface area contributed by atoms with Gasteiger partial charge in [0.05, 0.1) is 6.42 Å². The van der Waals surface area contributed by atoms with Crippen LogP contribution in [0.1, 0.15) is 54.9 Å². The summed E-state index contributed by atoms with van der Waals surface area (Å²) < 4.78 is 15.4. The average Bonchev–Trinajstić information content (AvgIpc) is 2.72. The van der Waals surface area contributed by atoms with Crippen molar-refractivity contribution in [3.05, 3.63) is 29.3 Å². The highest BCUT2D eigenvalue weighted by molar-refractivity contribution is 6.47. The predicted octanol–water partition coefficient (Wildman–Crippen LogP) is 1.76. The van der Waals surface area contributed by atoms with Crippen LogP contribution < -0.4 is 4.65 Å². The van der Waals surface area contributed by atoms with Crippen LogP contribution in [-0.2, 0) is 30.3 Å². The first-order valence-electron chi connectivity index (χ1n) is 10.2. The number of para-hydroxylation sites is 1. The van der Waals surface area contributed by atoms with Crippen LogP contribution in [0.5, 0.6) is 5.75 Å². The van der Waals surface area contributed by atoms with Gasteiger partial charge in [0.15, 0.2) is 0 Å². The lowest BCUT2D eigenvalue weighted by molar-refractivity contribution is -0.153. The van der Waals surface area contributed by atoms with Gasteiger partial charge in [0, 0.05) is 39.2 Å². The van der Waals surface area contributed by atoms with Crippen LogP contribution in [0.2, 0.25) is 5.82 Å². The molecular weight excluding hydrogens is 405 g/mol. The van der Waals surface area contributed by atoms with Gasteiger partial charge in [0.25, 0.3) is 0 Å². The first-order valence-corrected chi connectivity index (χ1v) is 10.2. The number of nitrogens with zero attached hydrogens (tertiary/aromatic N) is 1. The maximum atomic E-state index is 12.4. The molecule has 0 fully saturated rings. The van der Waals surface area contributed by atoms with Crippen LogP contribution in [0.15, 0.2) is 18.2 Å². The van der Waals surface area contributed by atoms with Crippen LogP contribution in [-0.4, -0.2) is 61.6 Å². The monoisotopic (exact) mass is 433 g/mol. The third kappa shape index (κ3) is 7.10. The van der Waals surface area contributed by atoms with Crippen molar-refractivity contribution in [2.24, 2.45) is 0 Å². The van der Waals surface area contributed by atoms with Gasteiger partial charge in [-0.15, -0.1) is 0 Å². The molecule has 0 saturated carbocycles. The first-order chi connectivity index (χ1) is 14.7. The van der Waals surface area contributed by atoms with Crippen LogP contribution in [0.3, 0.4) is 0 Å². The Hall–Kier alpha value is -2.88. The standard InChI is InChI=1S/C21H28BNO8/c1-4-6-16(24)12-15-11-14-7-5-8-17(20(14)31-22(15)28)21(27)30-13-29-19(26)10-9-18(25)23(2)3/h5,7-8,15,28H,4,6,9-13H2,1-3H3/t15-/m1/s1. The Balaban J connectivity index is 1.92. The number of esters is 2. The van der Waals surface area contributed by atoms with E-state index in [2.05, 4.69) is 0 Å². The Bertz CT molecular complexity index is 826. The summed E-state index contributed by atoms with van der Waals surface area (Å²) in [6, 6.07) is 4.89. The molecule has 0 unspecified atom stereocenters. The molecule has 1 amide bonds. The van der Waals surface area contributed by atoms with E-state index in [9.17, 15) is 24.2 Å². The highest BCUT2D eigenvalue weighted by atomic mass is 16.7. The molecule has 1 aromatic rings. The van der Waals surface area contributed by atoms with Crippen molar-refractivity contribution in [3.63, 3.8) is 0 Å². The minimum Gasteiger partial charge on any atom is -0.535 e. The largest absolute Gasteiger partial charge is 0.535 e. The molecule has 1 atom stereocenters. The summed E-state index contributed by atoms with van der Waals surface area (Å²) in [5, 5.41) is 10.3. The van der Waals surface area contributed by atoms with E-state index >= 15 is 0 Å². The lowest BCUT2D eigenvalue weighted by Crippen LogP contribution is -2.36. The van der Waals surface area contributed by atoms with Gasteiger partial charge in [-0.05, 0) is 24.5 Å². The van der Waals surface area contributed by atoms with Gasteiger partial charge in [0.2, 0.25) is 12.7 Å². The molecular formula is C21H28BNO8. The number of benzene rings is 1. The zero-order valence-corrected chi connectivity index (χ0v) is 18.1. The first kappa shape index (κ1) is 24.4. The Morgan fingerprint density at radius 1 is 1.16 bits per heavy atom. The molecule has 1 aliphatic heterocycles. The van der Waals surface area contributed by atoms with Gasteiger partial charge >= 0.3 is 19.1 Å². The Labute approximate surface area is 181 Å². The molecule has 1 heterocycles. The molecule has 1 aliphatic rings. The van der Waals surface area contributed by atoms with Gasteiger partial charge < -0.3 is 24.1 Å². The molecule has 10 heteroatoms. The second kappa shape index (κ2) is 11.5. The van der Waals surface area contributed by atoms with E-state index in [1.807, 2.05) is 6.92 Å². The summed E-state index contributed by atoms with van der Waals surface area (Å²) in [4.78, 5) is 48.8. The summed E-state index contributed by atoms with van der Waals surface area (Å²) in [6.45, 7) is 1.31. The number of fused-ring (bicyclic) bond motifs is 1. The van der Waals surface area contributed by atoms with Crippen LogP contribution in [0.4, 0.5) is 0 Å². The van der Waals surface area contributed by atoms with Gasteiger partial charge in [-0.2, -0.15) is 0 Å². The number of Topliss-reactive ketones (excluding diaryl/α,β-unsaturated/α-hetero) is 1. The molecule has 0 bridgehead atoms. The predicted molar refractivity (Wildman–Crippen MR) is 111 cm³/mol. The molecule has 0 saturated heterocycles. The van der Waals surface area contributed by atoms with Crippen molar-refractivity contribution in [3.8, 4) is 5.75 Å². The van der Waals surface area contributed by atoms with Crippen LogP contribution in [0.25, 0.3) is 0 Å². The maximum Gasteiger partial charge on any atom is 0.526 e. The third-order valence-electron chi connectivity index (χ3n) is 4.91. The van der Waals surface area contributed by atoms with Crippen LogP contribution in [0, 0.1) is 0 Å². The summed E-state index contributed by atoms with van der Waals surface area (Å²) in [5.74, 6) is -1.78. The number of amides is 1. The van der Waals surface area contributed by atoms with Gasteiger partial charge in [-0.1, -0.05) is 19.1 Å². The smallest absolute Gasteiger partial charge is 0.526 e. The molecule has 0 aromatic heterocycles. The Kier molecular flexibility index (Phi) is 9.05. The zero-order valence-electron chi connectivity index (χ0n) is 18.1. The topological polar surface area (TPSA) is 119 Å². The lowest BCUT2D eigenvalue weighted by Gasteiger charge is -2.28. The average molecular weight is 433 g/mol. The molecule has 0 radical (unpaired) electrons. The summed E-state index contributed by atoms with van der Waals surface area (Å²) in [6.07, 6.45) is 1.66. The number of carbonyl (C=O) groups excluding carboxylic acids is 4. The SMILES string of the molecule is CCCC(=O)C[C@H]1Cc2cccc(C(=O)OCOC(=O)CCC(=O)N(C)C)c2OB1O. The van der Waals surface area contributed by atoms with E-state index in [0.717, 1.165) is 6.42 Å². The van der Waals surface area contributed by atoms with Crippen molar-refractivity contribution in [1.82, 2.24) is 4.90 Å². The quantitative estimate of drug-likeness (QED) is 0.337. The third-order valence-corrected chi connectivity index (χ3v) is 4.91. The number of ether oxygens (including phenoxy) is 2. The molecule has 31 heavy (non-hydrogen) atoms. The molecule has 1 N–H and O–H groups in total. The molecule has 0 spiro atoms. The van der Waals surface area contributed by atoms with E-state index in [1.54, 1.807) is 26.2 Å². The normalized spacial score (nSPS) is 14.8. The minimum atomic E-state index is -1.21. The minimum absolute atomic E-state index is 0.000370. The number of carbonyl (C=O) groups is 4. The zero-order chi connectivity index (χ0) is 23.0. The van der Waals surface area contributed by atoms with Crippen LogP contribution >= 0.6 is 0 Å². The van der Waals surface area contributed by atoms with E-state index < -0.39 is 25.8 Å². The fourth-order valence-corrected chi connectivity index (χ4v) is 3.22. The molecule has 9 nitrogen and oxygen atoms in total. The molecule has 0 aliphatic carbocycles. The van der Waals surface area contributed by atoms with Gasteiger partial charge in [-0.3, -0.25) is 14.4 Å². The Morgan fingerprint density at radius 3 is 2.58 bits per heavy atom. The van der Waals surface area contributed by atoms with Crippen molar-refractivity contribution >= 4 is 30.7 Å². The lowest BCUT2D eigenvalue weighted by atomic mass is 9.64. The fourth-order valence-electron chi connectivity index (χ4n) is 3.22. The fraction of sp³-hybridized carbons (Fsp3) is 0.524. The van der Waals surface area contributed by atoms with E-state index in [4.69, 9.17) is 14.1 Å². The van der Waals surface area contributed by atoms with E-state index in [0.29, 0.717) is 18.4 Å². The Morgan fingerprint density at radius 2 is 1.90 bits per heavy atom. The molecule has 168 valence electrons. The van der Waals surface area contributed by atoms with E-state index in [-0.39, 0.29) is 48.1 Å². The van der Waals surface area contributed by atoms with Crippen molar-refractivity contribution in [1.29, 1.82) is 0 Å². The second-order valence-corrected chi connectivity index (χ2v) is 7.61. The molecule has 1 aromatic carbocycles. The summed E-state index contributed by atoms with van der Waals surface area (Å²) in [7, 11) is 1.95. The second-order valence-electron chi connectivity index (χ2n) is 7.61. The highest BCUT2D eigenvalue weighted by Gasteiger charge is 2.37. The molecule has 2 rings (SSSR count). The van der Waals surface area contributed by atoms with Crippen molar-refractivity contribution in [2.45, 2.75) is 51.3 Å².